The van der Waals surface area contributed by atoms with E-state index in [1.807, 2.05) is 24.3 Å². The molecule has 0 aromatic heterocycles. The highest BCUT2D eigenvalue weighted by Gasteiger charge is 2.33. The van der Waals surface area contributed by atoms with E-state index in [1.165, 1.54) is 5.56 Å². The Morgan fingerprint density at radius 3 is 1.97 bits per heavy atom. The van der Waals surface area contributed by atoms with Gasteiger partial charge in [-0.2, -0.15) is 0 Å². The third kappa shape index (κ3) is 7.17. The van der Waals surface area contributed by atoms with Gasteiger partial charge in [-0.05, 0) is 30.7 Å². The summed E-state index contributed by atoms with van der Waals surface area (Å²) in [6, 6.07) is 19.0. The molecule has 1 heterocycles. The average molecular weight is 417 g/mol. The lowest BCUT2D eigenvalue weighted by molar-refractivity contribution is -0.134. The Balaban J connectivity index is 0.000000321. The molecule has 2 aromatic carbocycles. The molecule has 29 heavy (non-hydrogen) atoms. The van der Waals surface area contributed by atoms with Crippen molar-refractivity contribution in [1.82, 2.24) is 4.90 Å². The van der Waals surface area contributed by atoms with Crippen LogP contribution in [0.25, 0.3) is 0 Å². The number of likely N-dealkylation sites (tertiary alicyclic amines) is 1. The molecular formula is C21H23NO6S. The van der Waals surface area contributed by atoms with Gasteiger partial charge in [0.15, 0.2) is 9.84 Å². The van der Waals surface area contributed by atoms with Crippen LogP contribution in [0.15, 0.2) is 77.7 Å². The number of carboxylic acids is 2. The Hall–Kier alpha value is -2.97. The first-order valence-electron chi connectivity index (χ1n) is 8.98. The second-order valence-corrected chi connectivity index (χ2v) is 8.73. The summed E-state index contributed by atoms with van der Waals surface area (Å²) in [6.45, 7) is 2.28. The molecule has 1 saturated heterocycles. The first kappa shape index (κ1) is 22.3. The summed E-state index contributed by atoms with van der Waals surface area (Å²) in [4.78, 5) is 21.8. The number of hydrogen-bond acceptors (Lipinski definition) is 5. The smallest absolute Gasteiger partial charge is 0.328 e. The van der Waals surface area contributed by atoms with E-state index in [4.69, 9.17) is 10.2 Å². The monoisotopic (exact) mass is 417 g/mol. The molecule has 1 fully saturated rings. The Bertz CT molecular complexity index is 926. The van der Waals surface area contributed by atoms with E-state index < -0.39 is 21.8 Å². The van der Waals surface area contributed by atoms with Crippen molar-refractivity contribution in [2.24, 2.45) is 0 Å². The van der Waals surface area contributed by atoms with Crippen LogP contribution >= 0.6 is 0 Å². The normalized spacial score (nSPS) is 16.9. The largest absolute Gasteiger partial charge is 0.478 e. The van der Waals surface area contributed by atoms with Crippen molar-refractivity contribution >= 4 is 21.8 Å². The maximum absolute atomic E-state index is 12.6. The van der Waals surface area contributed by atoms with Crippen molar-refractivity contribution in [3.63, 3.8) is 0 Å². The average Bonchev–Trinajstić information content (AvgIpc) is 3.18. The number of benzene rings is 2. The Morgan fingerprint density at radius 1 is 0.931 bits per heavy atom. The third-order valence-corrected chi connectivity index (χ3v) is 6.55. The van der Waals surface area contributed by atoms with Crippen LogP contribution in [-0.4, -0.2) is 53.8 Å². The molecule has 8 heteroatoms. The number of hydrogen-bond donors (Lipinski definition) is 2. The zero-order chi connectivity index (χ0) is 21.3. The molecule has 0 aliphatic carbocycles. The minimum absolute atomic E-state index is 0.288. The molecule has 0 bridgehead atoms. The maximum atomic E-state index is 12.6. The summed E-state index contributed by atoms with van der Waals surface area (Å²) in [5.41, 5.74) is 1.23. The summed E-state index contributed by atoms with van der Waals surface area (Å²) in [5.74, 6) is -2.51. The van der Waals surface area contributed by atoms with Crippen LogP contribution in [0, 0.1) is 0 Å². The van der Waals surface area contributed by atoms with Crippen molar-refractivity contribution < 1.29 is 28.2 Å². The molecule has 0 saturated carbocycles. The zero-order valence-electron chi connectivity index (χ0n) is 15.7. The van der Waals surface area contributed by atoms with Crippen LogP contribution < -0.4 is 0 Å². The van der Waals surface area contributed by atoms with E-state index in [1.54, 1.807) is 24.3 Å². The van der Waals surface area contributed by atoms with Crippen molar-refractivity contribution in [2.45, 2.75) is 23.1 Å². The van der Waals surface area contributed by atoms with Crippen molar-refractivity contribution in [3.05, 3.63) is 78.4 Å². The molecule has 1 unspecified atom stereocenters. The highest BCUT2D eigenvalue weighted by atomic mass is 32.2. The van der Waals surface area contributed by atoms with Crippen LogP contribution in [0.2, 0.25) is 0 Å². The van der Waals surface area contributed by atoms with Gasteiger partial charge in [0, 0.05) is 25.2 Å². The fourth-order valence-electron chi connectivity index (χ4n) is 2.98. The van der Waals surface area contributed by atoms with Crippen molar-refractivity contribution in [2.75, 3.05) is 13.1 Å². The lowest BCUT2D eigenvalue weighted by atomic mass is 10.2. The number of aliphatic carboxylic acids is 2. The second-order valence-electron chi connectivity index (χ2n) is 6.50. The molecule has 2 N–H and O–H groups in total. The minimum atomic E-state index is -3.21. The van der Waals surface area contributed by atoms with Gasteiger partial charge in [0.2, 0.25) is 0 Å². The second kappa shape index (κ2) is 10.5. The first-order valence-corrected chi connectivity index (χ1v) is 10.5. The summed E-state index contributed by atoms with van der Waals surface area (Å²) in [6.07, 6.45) is 1.83. The highest BCUT2D eigenvalue weighted by molar-refractivity contribution is 7.92. The molecule has 0 spiro atoms. The van der Waals surface area contributed by atoms with Gasteiger partial charge in [-0.15, -0.1) is 0 Å². The van der Waals surface area contributed by atoms with Gasteiger partial charge in [0.1, 0.15) is 0 Å². The number of sulfone groups is 1. The predicted molar refractivity (Wildman–Crippen MR) is 108 cm³/mol. The number of carboxylic acid groups (broad SMARTS) is 2. The van der Waals surface area contributed by atoms with E-state index >= 15 is 0 Å². The fourth-order valence-corrected chi connectivity index (χ4v) is 4.72. The van der Waals surface area contributed by atoms with Gasteiger partial charge in [-0.25, -0.2) is 18.0 Å². The Labute approximate surface area is 169 Å². The lowest BCUT2D eigenvalue weighted by Gasteiger charge is -2.16. The zero-order valence-corrected chi connectivity index (χ0v) is 16.5. The van der Waals surface area contributed by atoms with E-state index in [0.29, 0.717) is 30.0 Å². The van der Waals surface area contributed by atoms with Gasteiger partial charge in [0.25, 0.3) is 0 Å². The van der Waals surface area contributed by atoms with Gasteiger partial charge >= 0.3 is 11.9 Å². The summed E-state index contributed by atoms with van der Waals surface area (Å²) < 4.78 is 25.2. The molecule has 1 aliphatic rings. The molecule has 1 aliphatic heterocycles. The van der Waals surface area contributed by atoms with Crippen LogP contribution in [0.4, 0.5) is 0 Å². The molecule has 7 nitrogen and oxygen atoms in total. The van der Waals surface area contributed by atoms with Gasteiger partial charge in [0.05, 0.1) is 10.1 Å². The molecule has 2 aromatic rings. The maximum Gasteiger partial charge on any atom is 0.328 e. The van der Waals surface area contributed by atoms with Crippen molar-refractivity contribution in [1.29, 1.82) is 0 Å². The first-order chi connectivity index (χ1) is 13.8. The van der Waals surface area contributed by atoms with Crippen LogP contribution in [0.5, 0.6) is 0 Å². The van der Waals surface area contributed by atoms with Gasteiger partial charge in [-0.1, -0.05) is 48.5 Å². The molecule has 0 amide bonds. The van der Waals surface area contributed by atoms with E-state index in [0.717, 1.165) is 13.1 Å². The van der Waals surface area contributed by atoms with E-state index in [-0.39, 0.29) is 5.25 Å². The van der Waals surface area contributed by atoms with Crippen LogP contribution in [-0.2, 0) is 26.0 Å². The van der Waals surface area contributed by atoms with Gasteiger partial charge < -0.3 is 10.2 Å². The van der Waals surface area contributed by atoms with Gasteiger partial charge in [-0.3, -0.25) is 4.90 Å². The Kier molecular flexibility index (Phi) is 8.11. The predicted octanol–water partition coefficient (Wildman–Crippen LogP) is 2.45. The van der Waals surface area contributed by atoms with Crippen LogP contribution in [0.1, 0.15) is 12.0 Å². The SMILES string of the molecule is O=C(O)C=CC(=O)O.O=S(=O)(c1ccccc1)C1CCN(Cc2ccccc2)C1. The third-order valence-electron chi connectivity index (χ3n) is 4.36. The number of rotatable bonds is 6. The molecule has 0 radical (unpaired) electrons. The quantitative estimate of drug-likeness (QED) is 0.694. The van der Waals surface area contributed by atoms with E-state index in [2.05, 4.69) is 17.0 Å². The summed E-state index contributed by atoms with van der Waals surface area (Å²) in [7, 11) is -3.21. The standard InChI is InChI=1S/C17H19NO2S.C4H4O4/c19-21(20,16-9-5-2-6-10-16)17-11-12-18(14-17)13-15-7-3-1-4-8-15;5-3(6)1-2-4(7)8/h1-10,17H,11-14H2;1-2H,(H,5,6)(H,7,8). The molecule has 1 atom stereocenters. The Morgan fingerprint density at radius 2 is 1.45 bits per heavy atom. The summed E-state index contributed by atoms with van der Waals surface area (Å²) in [5, 5.41) is 15.3. The summed E-state index contributed by atoms with van der Waals surface area (Å²) >= 11 is 0. The highest BCUT2D eigenvalue weighted by Crippen LogP contribution is 2.24. The van der Waals surface area contributed by atoms with Crippen LogP contribution in [0.3, 0.4) is 0 Å². The number of carbonyl (C=O) groups is 2. The van der Waals surface area contributed by atoms with E-state index in [9.17, 15) is 18.0 Å². The fraction of sp³-hybridized carbons (Fsp3) is 0.238. The number of nitrogens with zero attached hydrogens (tertiary/aromatic N) is 1. The topological polar surface area (TPSA) is 112 Å². The lowest BCUT2D eigenvalue weighted by Crippen LogP contribution is -2.26. The van der Waals surface area contributed by atoms with Crippen molar-refractivity contribution in [3.8, 4) is 0 Å². The molecule has 3 rings (SSSR count). The minimum Gasteiger partial charge on any atom is -0.478 e. The molecular weight excluding hydrogens is 394 g/mol. The molecule has 154 valence electrons.